The summed E-state index contributed by atoms with van der Waals surface area (Å²) >= 11 is 0. The summed E-state index contributed by atoms with van der Waals surface area (Å²) in [5.74, 6) is 1.05. The molecule has 0 radical (unpaired) electrons. The molecule has 0 bridgehead atoms. The third-order valence-electron chi connectivity index (χ3n) is 3.01. The molecule has 2 N–H and O–H groups in total. The fraction of sp³-hybridized carbons (Fsp3) is 0.538. The molecule has 0 saturated heterocycles. The van der Waals surface area contributed by atoms with Gasteiger partial charge in [0.05, 0.1) is 0 Å². The van der Waals surface area contributed by atoms with Crippen molar-refractivity contribution in [3.05, 3.63) is 29.9 Å². The zero-order valence-corrected chi connectivity index (χ0v) is 10.0. The number of allylic oxidation sites excluding steroid dienone is 1. The zero-order valence-electron chi connectivity index (χ0n) is 10.0. The standard InChI is InChI=1S/C13H19N3O/c17-13(10-11-4-2-1-3-5-11)16-7-6-12-14-8-9-15-12/h4,8-9H,1-3,5-7,10H2,(H,14,15)(H,16,17). The smallest absolute Gasteiger partial charge is 0.224 e. The van der Waals surface area contributed by atoms with Gasteiger partial charge in [0, 0.05) is 31.8 Å². The molecule has 0 unspecified atom stereocenters. The Hall–Kier alpha value is -1.58. The van der Waals surface area contributed by atoms with Crippen LogP contribution in [0.2, 0.25) is 0 Å². The van der Waals surface area contributed by atoms with Crippen LogP contribution in [0.25, 0.3) is 0 Å². The molecule has 1 aliphatic carbocycles. The number of aromatic amines is 1. The lowest BCUT2D eigenvalue weighted by molar-refractivity contribution is -0.120. The van der Waals surface area contributed by atoms with Crippen LogP contribution in [0.5, 0.6) is 0 Å². The van der Waals surface area contributed by atoms with Crippen molar-refractivity contribution in [3.8, 4) is 0 Å². The number of hydrogen-bond acceptors (Lipinski definition) is 2. The molecule has 17 heavy (non-hydrogen) atoms. The normalized spacial score (nSPS) is 15.4. The third kappa shape index (κ3) is 4.06. The molecule has 0 saturated carbocycles. The molecular weight excluding hydrogens is 214 g/mol. The van der Waals surface area contributed by atoms with Gasteiger partial charge in [-0.1, -0.05) is 11.6 Å². The van der Waals surface area contributed by atoms with Gasteiger partial charge in [-0.3, -0.25) is 4.79 Å². The summed E-state index contributed by atoms with van der Waals surface area (Å²) in [6.45, 7) is 0.652. The number of nitrogens with zero attached hydrogens (tertiary/aromatic N) is 1. The second-order valence-electron chi connectivity index (χ2n) is 4.42. The maximum atomic E-state index is 11.7. The Morgan fingerprint density at radius 2 is 2.41 bits per heavy atom. The predicted octanol–water partition coefficient (Wildman–Crippen LogP) is 1.96. The van der Waals surface area contributed by atoms with Crippen LogP contribution >= 0.6 is 0 Å². The third-order valence-corrected chi connectivity index (χ3v) is 3.01. The number of aromatic nitrogens is 2. The molecule has 4 nitrogen and oxygen atoms in total. The second-order valence-corrected chi connectivity index (χ2v) is 4.42. The molecule has 0 fully saturated rings. The van der Waals surface area contributed by atoms with E-state index in [0.717, 1.165) is 25.1 Å². The van der Waals surface area contributed by atoms with Crippen LogP contribution in [0, 0.1) is 0 Å². The molecule has 0 atom stereocenters. The predicted molar refractivity (Wildman–Crippen MR) is 66.5 cm³/mol. The van der Waals surface area contributed by atoms with E-state index in [1.807, 2.05) is 0 Å². The van der Waals surface area contributed by atoms with Crippen molar-refractivity contribution in [2.45, 2.75) is 38.5 Å². The minimum absolute atomic E-state index is 0.129. The first kappa shape index (κ1) is 11.9. The molecule has 92 valence electrons. The van der Waals surface area contributed by atoms with Crippen molar-refractivity contribution in [2.24, 2.45) is 0 Å². The van der Waals surface area contributed by atoms with Crippen LogP contribution in [-0.4, -0.2) is 22.4 Å². The molecule has 0 spiro atoms. The van der Waals surface area contributed by atoms with Gasteiger partial charge in [0.15, 0.2) is 0 Å². The maximum Gasteiger partial charge on any atom is 0.224 e. The molecule has 1 amide bonds. The van der Waals surface area contributed by atoms with E-state index in [1.165, 1.54) is 18.4 Å². The maximum absolute atomic E-state index is 11.7. The Morgan fingerprint density at radius 3 is 3.12 bits per heavy atom. The summed E-state index contributed by atoms with van der Waals surface area (Å²) in [6.07, 6.45) is 11.8. The lowest BCUT2D eigenvalue weighted by Gasteiger charge is -2.12. The van der Waals surface area contributed by atoms with Gasteiger partial charge in [-0.2, -0.15) is 0 Å². The summed E-state index contributed by atoms with van der Waals surface area (Å²) in [4.78, 5) is 18.8. The highest BCUT2D eigenvalue weighted by Crippen LogP contribution is 2.19. The average Bonchev–Trinajstić information content (AvgIpc) is 2.83. The van der Waals surface area contributed by atoms with E-state index in [2.05, 4.69) is 21.4 Å². The Labute approximate surface area is 102 Å². The highest BCUT2D eigenvalue weighted by molar-refractivity contribution is 5.78. The molecule has 0 aliphatic heterocycles. The molecular formula is C13H19N3O. The quantitative estimate of drug-likeness (QED) is 0.764. The molecule has 0 aromatic carbocycles. The van der Waals surface area contributed by atoms with Crippen molar-refractivity contribution >= 4 is 5.91 Å². The fourth-order valence-corrected chi connectivity index (χ4v) is 2.09. The number of carbonyl (C=O) groups excluding carboxylic acids is 1. The van der Waals surface area contributed by atoms with Crippen LogP contribution in [0.1, 0.15) is 37.9 Å². The monoisotopic (exact) mass is 233 g/mol. The molecule has 1 aliphatic rings. The minimum atomic E-state index is 0.129. The van der Waals surface area contributed by atoms with E-state index in [1.54, 1.807) is 12.4 Å². The number of rotatable bonds is 5. The van der Waals surface area contributed by atoms with Gasteiger partial charge >= 0.3 is 0 Å². The van der Waals surface area contributed by atoms with Crippen LogP contribution in [-0.2, 0) is 11.2 Å². The van der Waals surface area contributed by atoms with Gasteiger partial charge in [-0.05, 0) is 25.7 Å². The summed E-state index contributed by atoms with van der Waals surface area (Å²) in [5.41, 5.74) is 1.30. The lowest BCUT2D eigenvalue weighted by Crippen LogP contribution is -2.26. The van der Waals surface area contributed by atoms with Crippen molar-refractivity contribution in [1.29, 1.82) is 0 Å². The van der Waals surface area contributed by atoms with E-state index < -0.39 is 0 Å². The summed E-state index contributed by atoms with van der Waals surface area (Å²) in [7, 11) is 0. The molecule has 1 aromatic heterocycles. The highest BCUT2D eigenvalue weighted by atomic mass is 16.1. The lowest BCUT2D eigenvalue weighted by atomic mass is 9.97. The number of nitrogens with one attached hydrogen (secondary N) is 2. The molecule has 2 rings (SSSR count). The number of H-pyrrole nitrogens is 1. The molecule has 1 heterocycles. The Morgan fingerprint density at radius 1 is 1.47 bits per heavy atom. The fourth-order valence-electron chi connectivity index (χ4n) is 2.09. The van der Waals surface area contributed by atoms with Crippen LogP contribution in [0.4, 0.5) is 0 Å². The van der Waals surface area contributed by atoms with E-state index in [4.69, 9.17) is 0 Å². The first-order chi connectivity index (χ1) is 8.34. The highest BCUT2D eigenvalue weighted by Gasteiger charge is 2.08. The SMILES string of the molecule is O=C(CC1=CCCCC1)NCCc1ncc[nH]1. The summed E-state index contributed by atoms with van der Waals surface area (Å²) in [5, 5.41) is 2.93. The van der Waals surface area contributed by atoms with Gasteiger partial charge in [0.1, 0.15) is 5.82 Å². The summed E-state index contributed by atoms with van der Waals surface area (Å²) in [6, 6.07) is 0. The van der Waals surface area contributed by atoms with Crippen molar-refractivity contribution < 1.29 is 4.79 Å². The summed E-state index contributed by atoms with van der Waals surface area (Å²) < 4.78 is 0. The molecule has 4 heteroatoms. The van der Waals surface area contributed by atoms with Crippen molar-refractivity contribution in [3.63, 3.8) is 0 Å². The van der Waals surface area contributed by atoms with Crippen LogP contribution in [0.3, 0.4) is 0 Å². The largest absolute Gasteiger partial charge is 0.355 e. The van der Waals surface area contributed by atoms with Gasteiger partial charge in [-0.25, -0.2) is 4.98 Å². The number of imidazole rings is 1. The first-order valence-corrected chi connectivity index (χ1v) is 6.27. The second kappa shape index (κ2) is 6.23. The van der Waals surface area contributed by atoms with Gasteiger partial charge < -0.3 is 10.3 Å². The Kier molecular flexibility index (Phi) is 4.36. The number of amides is 1. The number of carbonyl (C=O) groups is 1. The Bertz CT molecular complexity index is 381. The molecule has 1 aromatic rings. The zero-order chi connectivity index (χ0) is 11.9. The minimum Gasteiger partial charge on any atom is -0.355 e. The van der Waals surface area contributed by atoms with E-state index >= 15 is 0 Å². The first-order valence-electron chi connectivity index (χ1n) is 6.27. The van der Waals surface area contributed by atoms with Gasteiger partial charge in [0.2, 0.25) is 5.91 Å². The van der Waals surface area contributed by atoms with E-state index in [-0.39, 0.29) is 5.91 Å². The topological polar surface area (TPSA) is 57.8 Å². The van der Waals surface area contributed by atoms with E-state index in [9.17, 15) is 4.79 Å². The average molecular weight is 233 g/mol. The number of hydrogen-bond donors (Lipinski definition) is 2. The Balaban J connectivity index is 1.65. The van der Waals surface area contributed by atoms with Crippen LogP contribution in [0.15, 0.2) is 24.0 Å². The van der Waals surface area contributed by atoms with Gasteiger partial charge in [-0.15, -0.1) is 0 Å². The van der Waals surface area contributed by atoms with Crippen LogP contribution < -0.4 is 5.32 Å². The van der Waals surface area contributed by atoms with Gasteiger partial charge in [0.25, 0.3) is 0 Å². The van der Waals surface area contributed by atoms with Crippen molar-refractivity contribution in [1.82, 2.24) is 15.3 Å². The van der Waals surface area contributed by atoms with E-state index in [0.29, 0.717) is 13.0 Å². The van der Waals surface area contributed by atoms with Crippen molar-refractivity contribution in [2.75, 3.05) is 6.54 Å².